The van der Waals surface area contributed by atoms with Crippen LogP contribution in [0.25, 0.3) is 10.9 Å². The van der Waals surface area contributed by atoms with Gasteiger partial charge in [-0.15, -0.1) is 10.2 Å². The first-order valence-corrected chi connectivity index (χ1v) is 6.30. The van der Waals surface area contributed by atoms with E-state index in [2.05, 4.69) is 14.8 Å². The van der Waals surface area contributed by atoms with Crippen LogP contribution in [0.2, 0.25) is 0 Å². The van der Waals surface area contributed by atoms with Crippen molar-refractivity contribution in [3.05, 3.63) is 47.8 Å². The molecule has 0 saturated heterocycles. The van der Waals surface area contributed by atoms with Gasteiger partial charge in [0.15, 0.2) is 0 Å². The number of aliphatic hydroxyl groups excluding tert-OH is 1. The Kier molecular flexibility index (Phi) is 3.05. The van der Waals surface area contributed by atoms with Gasteiger partial charge in [0.05, 0.1) is 6.61 Å². The summed E-state index contributed by atoms with van der Waals surface area (Å²) in [4.78, 5) is 0. The summed E-state index contributed by atoms with van der Waals surface area (Å²) in [7, 11) is 0. The molecule has 3 rings (SSSR count). The molecular weight excluding hydrogens is 242 g/mol. The Balaban J connectivity index is 1.92. The average Bonchev–Trinajstić information content (AvgIpc) is 3.06. The second-order valence-electron chi connectivity index (χ2n) is 4.44. The molecule has 0 amide bonds. The molecule has 0 aliphatic rings. The molecule has 0 aliphatic heterocycles. The smallest absolute Gasteiger partial charge is 0.236 e. The summed E-state index contributed by atoms with van der Waals surface area (Å²) in [5.74, 6) is 1.27. The minimum absolute atomic E-state index is 0.0602. The van der Waals surface area contributed by atoms with Crippen LogP contribution >= 0.6 is 0 Å². The maximum atomic E-state index is 9.13. The molecule has 2 heterocycles. The van der Waals surface area contributed by atoms with Gasteiger partial charge in [-0.25, -0.2) is 0 Å². The van der Waals surface area contributed by atoms with Gasteiger partial charge in [0.1, 0.15) is 6.54 Å². The highest BCUT2D eigenvalue weighted by atomic mass is 16.4. The number of aromatic nitrogens is 3. The number of hydrogen-bond donors (Lipinski definition) is 1. The first-order valence-electron chi connectivity index (χ1n) is 6.30. The molecule has 0 aliphatic carbocycles. The maximum Gasteiger partial charge on any atom is 0.236 e. The Labute approximate surface area is 110 Å². The lowest BCUT2D eigenvalue weighted by molar-refractivity contribution is 0.282. The van der Waals surface area contributed by atoms with Gasteiger partial charge in [0.25, 0.3) is 0 Å². The Hall–Kier alpha value is -2.14. The molecule has 0 saturated carbocycles. The molecule has 19 heavy (non-hydrogen) atoms. The van der Waals surface area contributed by atoms with Gasteiger partial charge < -0.3 is 14.1 Å². The van der Waals surface area contributed by atoms with Gasteiger partial charge in [0, 0.05) is 18.1 Å². The maximum absolute atomic E-state index is 9.13. The van der Waals surface area contributed by atoms with Gasteiger partial charge in [-0.05, 0) is 29.1 Å². The van der Waals surface area contributed by atoms with Crippen molar-refractivity contribution in [1.29, 1.82) is 0 Å². The fraction of sp³-hybridized carbons (Fsp3) is 0.286. The Morgan fingerprint density at radius 2 is 2.05 bits per heavy atom. The third-order valence-electron chi connectivity index (χ3n) is 3.13. The van der Waals surface area contributed by atoms with E-state index in [0.29, 0.717) is 18.3 Å². The van der Waals surface area contributed by atoms with Crippen molar-refractivity contribution in [2.45, 2.75) is 26.5 Å². The minimum atomic E-state index is 0.0602. The van der Waals surface area contributed by atoms with Gasteiger partial charge in [0.2, 0.25) is 11.8 Å². The second-order valence-corrected chi connectivity index (χ2v) is 4.44. The molecule has 0 fully saturated rings. The molecular formula is C14H15N3O2. The van der Waals surface area contributed by atoms with Crippen LogP contribution in [0.3, 0.4) is 0 Å². The van der Waals surface area contributed by atoms with Gasteiger partial charge >= 0.3 is 0 Å². The number of aliphatic hydroxyl groups is 1. The topological polar surface area (TPSA) is 64.1 Å². The van der Waals surface area contributed by atoms with Crippen LogP contribution in [0.15, 0.2) is 34.9 Å². The standard InChI is InChI=1S/C14H15N3O2/c1-2-13-15-16-14(19-13)8-17-6-5-11-7-10(9-18)3-4-12(11)17/h3-7,18H,2,8-9H2,1H3. The van der Waals surface area contributed by atoms with Crippen LogP contribution in [-0.4, -0.2) is 19.9 Å². The van der Waals surface area contributed by atoms with Crippen LogP contribution in [0, 0.1) is 0 Å². The number of hydrogen-bond acceptors (Lipinski definition) is 4. The summed E-state index contributed by atoms with van der Waals surface area (Å²) >= 11 is 0. The molecule has 5 heteroatoms. The van der Waals surface area contributed by atoms with Crippen LogP contribution in [0.4, 0.5) is 0 Å². The highest BCUT2D eigenvalue weighted by molar-refractivity contribution is 5.80. The highest BCUT2D eigenvalue weighted by Crippen LogP contribution is 2.19. The van der Waals surface area contributed by atoms with Crippen molar-refractivity contribution < 1.29 is 9.52 Å². The van der Waals surface area contributed by atoms with Crippen molar-refractivity contribution in [2.24, 2.45) is 0 Å². The fourth-order valence-electron chi connectivity index (χ4n) is 2.13. The normalized spacial score (nSPS) is 11.3. The van der Waals surface area contributed by atoms with E-state index >= 15 is 0 Å². The van der Waals surface area contributed by atoms with Crippen LogP contribution in [-0.2, 0) is 19.6 Å². The summed E-state index contributed by atoms with van der Waals surface area (Å²) in [6.07, 6.45) is 2.74. The van der Waals surface area contributed by atoms with Crippen molar-refractivity contribution in [3.8, 4) is 0 Å². The number of rotatable bonds is 4. The zero-order chi connectivity index (χ0) is 13.2. The van der Waals surface area contributed by atoms with Gasteiger partial charge in [-0.2, -0.15) is 0 Å². The van der Waals surface area contributed by atoms with Gasteiger partial charge in [-0.1, -0.05) is 13.0 Å². The summed E-state index contributed by atoms with van der Waals surface area (Å²) in [6.45, 7) is 2.61. The first kappa shape index (κ1) is 11.9. The lowest BCUT2D eigenvalue weighted by atomic mass is 10.2. The van der Waals surface area contributed by atoms with Crippen LogP contribution < -0.4 is 0 Å². The van der Waals surface area contributed by atoms with E-state index in [9.17, 15) is 0 Å². The summed E-state index contributed by atoms with van der Waals surface area (Å²) < 4.78 is 7.58. The molecule has 2 aromatic heterocycles. The highest BCUT2D eigenvalue weighted by Gasteiger charge is 2.07. The van der Waals surface area contributed by atoms with E-state index < -0.39 is 0 Å². The van der Waals surface area contributed by atoms with E-state index in [0.717, 1.165) is 22.9 Å². The molecule has 3 aromatic rings. The van der Waals surface area contributed by atoms with E-state index in [4.69, 9.17) is 9.52 Å². The predicted molar refractivity (Wildman–Crippen MR) is 70.6 cm³/mol. The monoisotopic (exact) mass is 257 g/mol. The Morgan fingerprint density at radius 1 is 1.21 bits per heavy atom. The summed E-state index contributed by atoms with van der Waals surface area (Å²) in [5, 5.41) is 18.2. The molecule has 0 atom stereocenters. The number of aryl methyl sites for hydroxylation is 1. The zero-order valence-electron chi connectivity index (χ0n) is 10.7. The van der Waals surface area contributed by atoms with E-state index in [-0.39, 0.29) is 6.61 Å². The van der Waals surface area contributed by atoms with Gasteiger partial charge in [-0.3, -0.25) is 0 Å². The van der Waals surface area contributed by atoms with Crippen LogP contribution in [0.5, 0.6) is 0 Å². The van der Waals surface area contributed by atoms with E-state index in [1.807, 2.05) is 37.4 Å². The number of nitrogens with zero attached hydrogens (tertiary/aromatic N) is 3. The molecule has 0 bridgehead atoms. The number of fused-ring (bicyclic) bond motifs is 1. The summed E-state index contributed by atoms with van der Waals surface area (Å²) in [6, 6.07) is 7.92. The molecule has 1 N–H and O–H groups in total. The van der Waals surface area contributed by atoms with Crippen LogP contribution in [0.1, 0.15) is 24.3 Å². The SMILES string of the molecule is CCc1nnc(Cn2ccc3cc(CO)ccc32)o1. The molecule has 0 radical (unpaired) electrons. The van der Waals surface area contributed by atoms with E-state index in [1.165, 1.54) is 0 Å². The van der Waals surface area contributed by atoms with E-state index in [1.54, 1.807) is 0 Å². The first-order chi connectivity index (χ1) is 9.30. The molecule has 5 nitrogen and oxygen atoms in total. The predicted octanol–water partition coefficient (Wildman–Crippen LogP) is 2.13. The largest absolute Gasteiger partial charge is 0.423 e. The quantitative estimate of drug-likeness (QED) is 0.777. The second kappa shape index (κ2) is 4.85. The molecule has 1 aromatic carbocycles. The number of benzene rings is 1. The Morgan fingerprint density at radius 3 is 2.79 bits per heavy atom. The molecule has 0 spiro atoms. The van der Waals surface area contributed by atoms with Crippen molar-refractivity contribution in [2.75, 3.05) is 0 Å². The lowest BCUT2D eigenvalue weighted by Gasteiger charge is -2.02. The lowest BCUT2D eigenvalue weighted by Crippen LogP contribution is -1.98. The zero-order valence-corrected chi connectivity index (χ0v) is 10.7. The van der Waals surface area contributed by atoms with Crippen molar-refractivity contribution >= 4 is 10.9 Å². The Bertz CT molecular complexity index is 700. The average molecular weight is 257 g/mol. The van der Waals surface area contributed by atoms with Crippen molar-refractivity contribution in [3.63, 3.8) is 0 Å². The third-order valence-corrected chi connectivity index (χ3v) is 3.13. The third kappa shape index (κ3) is 2.24. The fourth-order valence-corrected chi connectivity index (χ4v) is 2.13. The molecule has 98 valence electrons. The summed E-state index contributed by atoms with van der Waals surface area (Å²) in [5.41, 5.74) is 2.00. The van der Waals surface area contributed by atoms with Crippen molar-refractivity contribution in [1.82, 2.24) is 14.8 Å². The molecule has 0 unspecified atom stereocenters. The minimum Gasteiger partial charge on any atom is -0.423 e.